The van der Waals surface area contributed by atoms with Gasteiger partial charge in [-0.25, -0.2) is 0 Å². The van der Waals surface area contributed by atoms with Crippen molar-refractivity contribution in [1.82, 2.24) is 4.90 Å². The SMILES string of the molecule is CCCCCCCCCCCCCCN(CC(C)OC(=O)CCC(=O)O)CC(C)C(=O)CCC(=O)O.O=C(O)CCC(=O)OCCOC(=O)CCC(=O)O. The number of hydrogen-bond acceptors (Lipinski definition) is 12. The molecular weight excluding hydrogens is 710 g/mol. The molecule has 0 saturated heterocycles. The van der Waals surface area contributed by atoms with Gasteiger partial charge in [-0.2, -0.15) is 0 Å². The second-order valence-electron chi connectivity index (χ2n) is 13.3. The van der Waals surface area contributed by atoms with E-state index in [-0.39, 0.29) is 76.3 Å². The van der Waals surface area contributed by atoms with Crippen LogP contribution >= 0.6 is 0 Å². The van der Waals surface area contributed by atoms with Crippen LogP contribution in [0.5, 0.6) is 0 Å². The quantitative estimate of drug-likeness (QED) is 0.0350. The summed E-state index contributed by atoms with van der Waals surface area (Å²) in [4.78, 5) is 89.8. The minimum absolute atomic E-state index is 0.0165. The first-order valence-corrected chi connectivity index (χ1v) is 19.2. The van der Waals surface area contributed by atoms with Crippen molar-refractivity contribution in [3.05, 3.63) is 0 Å². The molecule has 0 heterocycles. The lowest BCUT2D eigenvalue weighted by Crippen LogP contribution is -2.38. The van der Waals surface area contributed by atoms with Crippen LogP contribution in [-0.2, 0) is 52.6 Å². The molecule has 16 nitrogen and oxygen atoms in total. The number of carbonyl (C=O) groups excluding carboxylic acids is 4. The van der Waals surface area contributed by atoms with E-state index in [1.807, 2.05) is 6.92 Å². The number of hydrogen-bond donors (Lipinski definition) is 4. The Morgan fingerprint density at radius 3 is 1.26 bits per heavy atom. The maximum absolute atomic E-state index is 12.3. The molecule has 0 aromatic heterocycles. The highest BCUT2D eigenvalue weighted by atomic mass is 16.6. The minimum atomic E-state index is -1.10. The average Bonchev–Trinajstić information content (AvgIpc) is 3.10. The summed E-state index contributed by atoms with van der Waals surface area (Å²) in [6.45, 7) is 7.15. The largest absolute Gasteiger partial charge is 0.481 e. The van der Waals surface area contributed by atoms with Gasteiger partial charge < -0.3 is 34.6 Å². The summed E-state index contributed by atoms with van der Waals surface area (Å²) < 4.78 is 14.5. The number of carboxylic acids is 4. The average molecular weight is 776 g/mol. The number of carbonyl (C=O) groups is 8. The highest BCUT2D eigenvalue weighted by Gasteiger charge is 2.21. The number of esters is 3. The van der Waals surface area contributed by atoms with E-state index in [1.165, 1.54) is 64.2 Å². The van der Waals surface area contributed by atoms with E-state index in [9.17, 15) is 38.4 Å². The summed E-state index contributed by atoms with van der Waals surface area (Å²) in [6, 6.07) is 0. The number of ketones is 1. The monoisotopic (exact) mass is 775 g/mol. The molecule has 2 atom stereocenters. The van der Waals surface area contributed by atoms with Crippen molar-refractivity contribution >= 4 is 47.6 Å². The number of carboxylic acid groups (broad SMARTS) is 4. The van der Waals surface area contributed by atoms with Crippen molar-refractivity contribution in [2.75, 3.05) is 32.8 Å². The Labute approximate surface area is 319 Å². The maximum atomic E-state index is 12.3. The topological polar surface area (TPSA) is 248 Å². The molecule has 4 N–H and O–H groups in total. The molecule has 0 fully saturated rings. The third kappa shape index (κ3) is 37.7. The predicted octanol–water partition coefficient (Wildman–Crippen LogP) is 5.66. The summed E-state index contributed by atoms with van der Waals surface area (Å²) in [5.41, 5.74) is 0. The number of nitrogens with zero attached hydrogens (tertiary/aromatic N) is 1. The number of ether oxygens (including phenoxy) is 3. The van der Waals surface area contributed by atoms with E-state index >= 15 is 0 Å². The van der Waals surface area contributed by atoms with Gasteiger partial charge in [0.05, 0.1) is 44.9 Å². The van der Waals surface area contributed by atoms with E-state index in [4.69, 9.17) is 25.2 Å². The van der Waals surface area contributed by atoms with E-state index in [0.717, 1.165) is 19.4 Å². The molecular formula is C38H65NO15. The number of aliphatic carboxylic acids is 4. The molecule has 0 spiro atoms. The predicted molar refractivity (Wildman–Crippen MR) is 197 cm³/mol. The molecule has 0 aliphatic rings. The summed E-state index contributed by atoms with van der Waals surface area (Å²) in [6.07, 6.45) is 12.9. The Hall–Kier alpha value is -4.08. The van der Waals surface area contributed by atoms with Crippen LogP contribution in [0.4, 0.5) is 0 Å². The van der Waals surface area contributed by atoms with Crippen LogP contribution in [0.25, 0.3) is 0 Å². The lowest BCUT2D eigenvalue weighted by atomic mass is 10.0. The summed E-state index contributed by atoms with van der Waals surface area (Å²) in [5, 5.41) is 34.1. The summed E-state index contributed by atoms with van der Waals surface area (Å²) in [5.74, 6) is -6.55. The van der Waals surface area contributed by atoms with Crippen LogP contribution in [0, 0.1) is 5.92 Å². The van der Waals surface area contributed by atoms with Crippen LogP contribution in [0.3, 0.4) is 0 Å². The molecule has 312 valence electrons. The van der Waals surface area contributed by atoms with Crippen molar-refractivity contribution in [2.24, 2.45) is 5.92 Å². The van der Waals surface area contributed by atoms with Gasteiger partial charge in [-0.3, -0.25) is 43.3 Å². The Morgan fingerprint density at radius 1 is 0.481 bits per heavy atom. The molecule has 16 heteroatoms. The third-order valence-corrected chi connectivity index (χ3v) is 8.08. The van der Waals surface area contributed by atoms with Crippen molar-refractivity contribution in [2.45, 2.75) is 155 Å². The van der Waals surface area contributed by atoms with Gasteiger partial charge >= 0.3 is 41.8 Å². The zero-order valence-corrected chi connectivity index (χ0v) is 32.6. The Kier molecular flexibility index (Phi) is 33.4. The van der Waals surface area contributed by atoms with Gasteiger partial charge in [-0.1, -0.05) is 84.5 Å². The number of unbranched alkanes of at least 4 members (excludes halogenated alkanes) is 11. The van der Waals surface area contributed by atoms with E-state index < -0.39 is 47.9 Å². The number of Topliss-reactive ketones (excluding diaryl/α,β-unsaturated/α-hetero) is 1. The van der Waals surface area contributed by atoms with Gasteiger partial charge in [0.1, 0.15) is 25.1 Å². The van der Waals surface area contributed by atoms with E-state index in [2.05, 4.69) is 21.3 Å². The fourth-order valence-corrected chi connectivity index (χ4v) is 5.17. The maximum Gasteiger partial charge on any atom is 0.306 e. The Bertz CT molecular complexity index is 1080. The van der Waals surface area contributed by atoms with Gasteiger partial charge in [0.15, 0.2) is 0 Å². The van der Waals surface area contributed by atoms with E-state index in [0.29, 0.717) is 13.1 Å². The van der Waals surface area contributed by atoms with Crippen molar-refractivity contribution in [1.29, 1.82) is 0 Å². The second kappa shape index (κ2) is 34.7. The first kappa shape index (κ1) is 52.0. The zero-order valence-electron chi connectivity index (χ0n) is 32.6. The van der Waals surface area contributed by atoms with Crippen LogP contribution in [0.15, 0.2) is 0 Å². The molecule has 0 rings (SSSR count). The van der Waals surface area contributed by atoms with E-state index in [1.54, 1.807) is 6.92 Å². The molecule has 0 radical (unpaired) electrons. The first-order valence-electron chi connectivity index (χ1n) is 19.2. The Morgan fingerprint density at radius 2 is 0.852 bits per heavy atom. The fourth-order valence-electron chi connectivity index (χ4n) is 5.17. The molecule has 0 bridgehead atoms. The van der Waals surface area contributed by atoms with Crippen LogP contribution in [0.2, 0.25) is 0 Å². The molecule has 0 saturated carbocycles. The van der Waals surface area contributed by atoms with Crippen molar-refractivity contribution in [3.8, 4) is 0 Å². The van der Waals surface area contributed by atoms with Crippen LogP contribution in [0.1, 0.15) is 149 Å². The number of rotatable bonds is 34. The fraction of sp³-hybridized carbons (Fsp3) is 0.789. The minimum Gasteiger partial charge on any atom is -0.481 e. The van der Waals surface area contributed by atoms with Crippen LogP contribution in [-0.4, -0.2) is 112 Å². The normalized spacial score (nSPS) is 11.8. The van der Waals surface area contributed by atoms with Gasteiger partial charge in [-0.05, 0) is 19.9 Å². The molecule has 0 aromatic carbocycles. The lowest BCUT2D eigenvalue weighted by molar-refractivity contribution is -0.154. The molecule has 0 aromatic rings. The van der Waals surface area contributed by atoms with Gasteiger partial charge in [0.2, 0.25) is 0 Å². The summed E-state index contributed by atoms with van der Waals surface area (Å²) in [7, 11) is 0. The molecule has 2 unspecified atom stereocenters. The lowest BCUT2D eigenvalue weighted by Gasteiger charge is -2.28. The van der Waals surface area contributed by atoms with Crippen molar-refractivity contribution < 1.29 is 73.0 Å². The zero-order chi connectivity index (χ0) is 41.1. The molecule has 54 heavy (non-hydrogen) atoms. The van der Waals surface area contributed by atoms with Gasteiger partial charge in [-0.15, -0.1) is 0 Å². The smallest absolute Gasteiger partial charge is 0.306 e. The molecule has 0 amide bonds. The molecule has 0 aliphatic heterocycles. The third-order valence-electron chi connectivity index (χ3n) is 8.08. The highest BCUT2D eigenvalue weighted by molar-refractivity contribution is 5.84. The second-order valence-corrected chi connectivity index (χ2v) is 13.3. The standard InChI is InChI=1S/C28H51NO7.C10H14O8/c1-4-5-6-7-8-9-10-11-12-13-14-15-20-29(21-23(2)25(30)16-17-26(31)32)22-24(3)36-28(35)19-18-27(33)34;11-7(12)1-3-9(15)17-5-6-18-10(16)4-2-8(13)14/h23-24H,4-22H2,1-3H3,(H,31,32)(H,33,34);1-6H2,(H,11,12)(H,13,14). The summed E-state index contributed by atoms with van der Waals surface area (Å²) >= 11 is 0. The first-order chi connectivity index (χ1) is 25.6. The molecule has 0 aliphatic carbocycles. The van der Waals surface area contributed by atoms with Gasteiger partial charge in [0, 0.05) is 25.4 Å². The highest BCUT2D eigenvalue weighted by Crippen LogP contribution is 2.14. The van der Waals surface area contributed by atoms with Crippen molar-refractivity contribution in [3.63, 3.8) is 0 Å². The Balaban J connectivity index is 0. The van der Waals surface area contributed by atoms with Gasteiger partial charge in [0.25, 0.3) is 0 Å². The van der Waals surface area contributed by atoms with Crippen LogP contribution < -0.4 is 0 Å².